The number of carboxylic acid groups (broad SMARTS) is 1. The second-order valence-electron chi connectivity index (χ2n) is 31.4. The number of rotatable bonds is 30. The minimum atomic E-state index is -1.00. The molecule has 0 saturated carbocycles. The molecule has 0 unspecified atom stereocenters. The van der Waals surface area contributed by atoms with Gasteiger partial charge >= 0.3 is 25.0 Å². The number of pyridine rings is 3. The number of fused-ring (bicyclic) bond motifs is 3. The van der Waals surface area contributed by atoms with E-state index in [0.717, 1.165) is 39.2 Å². The van der Waals surface area contributed by atoms with Crippen LogP contribution in [0.2, 0.25) is 5.02 Å². The zero-order chi connectivity index (χ0) is 88.4. The molecule has 6 aromatic heterocycles. The molecule has 0 bridgehead atoms. The van der Waals surface area contributed by atoms with E-state index in [-0.39, 0.29) is 81.9 Å². The number of carboxylic acids is 1. The summed E-state index contributed by atoms with van der Waals surface area (Å²) in [5.41, 5.74) is 15.9. The molecule has 1 saturated heterocycles. The van der Waals surface area contributed by atoms with E-state index in [4.69, 9.17) is 77.8 Å². The molecular weight excluding hydrogens is 1660 g/mol. The number of aliphatic carboxylic acids is 1. The summed E-state index contributed by atoms with van der Waals surface area (Å²) in [7, 11) is 2.07. The third kappa shape index (κ3) is 26.7. The number of carbonyl (C=O) groups is 3. The van der Waals surface area contributed by atoms with Crippen molar-refractivity contribution >= 4 is 96.6 Å². The van der Waals surface area contributed by atoms with Crippen molar-refractivity contribution in [3.05, 3.63) is 238 Å². The van der Waals surface area contributed by atoms with Crippen LogP contribution in [0.25, 0.3) is 55.2 Å². The molecule has 2 atom stereocenters. The van der Waals surface area contributed by atoms with Crippen molar-refractivity contribution in [3.8, 4) is 56.8 Å². The molecule has 30 heteroatoms. The van der Waals surface area contributed by atoms with Crippen LogP contribution in [0.5, 0.6) is 34.5 Å². The van der Waals surface area contributed by atoms with E-state index in [2.05, 4.69) is 15.0 Å². The number of nitrogens with two attached hydrogens (primary N) is 1. The van der Waals surface area contributed by atoms with Crippen molar-refractivity contribution in [2.75, 3.05) is 46.0 Å². The van der Waals surface area contributed by atoms with Crippen LogP contribution in [0.15, 0.2) is 177 Å². The molecule has 23 nitrogen and oxygen atoms in total. The van der Waals surface area contributed by atoms with E-state index in [1.54, 1.807) is 126 Å². The van der Waals surface area contributed by atoms with Gasteiger partial charge in [-0.15, -0.1) is 0 Å². The van der Waals surface area contributed by atoms with Crippen LogP contribution in [-0.2, 0) is 113 Å². The van der Waals surface area contributed by atoms with Gasteiger partial charge in [0.2, 0.25) is 0 Å². The van der Waals surface area contributed by atoms with Crippen molar-refractivity contribution in [3.63, 3.8) is 0 Å². The lowest BCUT2D eigenvalue weighted by Gasteiger charge is -2.32. The number of hydrogen-bond donors (Lipinski definition) is 2. The Kier molecular flexibility index (Phi) is 34.9. The maximum atomic E-state index is 14.2. The van der Waals surface area contributed by atoms with Gasteiger partial charge in [-0.25, -0.2) is 0 Å². The van der Waals surface area contributed by atoms with Crippen LogP contribution >= 0.6 is 11.6 Å². The molecule has 6 aromatic carbocycles. The Balaban J connectivity index is 0.000000212. The van der Waals surface area contributed by atoms with Gasteiger partial charge in [-0.3, -0.25) is 37.8 Å². The first-order valence-electron chi connectivity index (χ1n) is 39.4. The van der Waals surface area contributed by atoms with Crippen molar-refractivity contribution in [1.82, 2.24) is 15.0 Å². The van der Waals surface area contributed by atoms with Crippen molar-refractivity contribution in [2.24, 2.45) is 5.73 Å². The third-order valence-electron chi connectivity index (χ3n) is 19.8. The quantitative estimate of drug-likeness (QED) is 0.0312. The minimum Gasteiger partial charge on any atom is -0.497 e. The van der Waals surface area contributed by atoms with Crippen molar-refractivity contribution < 1.29 is 102 Å². The van der Waals surface area contributed by atoms with E-state index >= 15 is 0 Å². The van der Waals surface area contributed by atoms with Gasteiger partial charge in [0.1, 0.15) is 71.1 Å². The maximum absolute atomic E-state index is 14.2. The summed E-state index contributed by atoms with van der Waals surface area (Å²) in [4.78, 5) is 48.2. The second kappa shape index (κ2) is 44.0. The molecule has 1 aliphatic rings. The van der Waals surface area contributed by atoms with Gasteiger partial charge < -0.3 is 71.3 Å². The number of nitrogens with zero attached hydrogens (tertiary/aromatic N) is 3. The predicted octanol–water partition coefficient (Wildman–Crippen LogP) is 19.4. The number of furan rings is 3. The van der Waals surface area contributed by atoms with Gasteiger partial charge in [0, 0.05) is 183 Å². The van der Waals surface area contributed by atoms with E-state index in [0.29, 0.717) is 149 Å². The van der Waals surface area contributed by atoms with Crippen LogP contribution < -0.4 is 39.6 Å². The maximum Gasteiger partial charge on any atom is 0.498 e. The van der Waals surface area contributed by atoms with Gasteiger partial charge in [0.15, 0.2) is 0 Å². The fourth-order valence-corrected chi connectivity index (χ4v) is 14.9. The number of benzene rings is 6. The van der Waals surface area contributed by atoms with Crippen LogP contribution in [0.1, 0.15) is 148 Å². The van der Waals surface area contributed by atoms with E-state index in [1.807, 2.05) is 118 Å². The Bertz CT molecular complexity index is 5710. The summed E-state index contributed by atoms with van der Waals surface area (Å²) in [5.74, 6) is 2.59. The average Bonchev–Trinajstić information content (AvgIpc) is 1.60. The van der Waals surface area contributed by atoms with Crippen LogP contribution in [-0.4, -0.2) is 120 Å². The fraction of sp³-hybridized carbons (Fsp3) is 0.362. The smallest absolute Gasteiger partial charge is 0.497 e. The highest BCUT2D eigenvalue weighted by Crippen LogP contribution is 2.40. The van der Waals surface area contributed by atoms with Crippen LogP contribution in [0.3, 0.4) is 0 Å². The molecule has 0 amide bonds. The number of aryl methyl sites for hydroxylation is 2. The summed E-state index contributed by atoms with van der Waals surface area (Å²) >= 11 is 5.83. The Morgan fingerprint density at radius 3 is 1.23 bits per heavy atom. The first kappa shape index (κ1) is 98.4. The molecule has 1 aliphatic heterocycles. The Morgan fingerprint density at radius 1 is 0.492 bits per heavy atom. The molecule has 1 fully saturated rings. The number of hydrogen-bond acceptors (Lipinski definition) is 22. The average molecular weight is 1770 g/mol. The summed E-state index contributed by atoms with van der Waals surface area (Å²) in [6, 6.07) is 39.3. The summed E-state index contributed by atoms with van der Waals surface area (Å²) < 4.78 is 139. The lowest BCUT2D eigenvalue weighted by Crippen LogP contribution is -2.41. The van der Waals surface area contributed by atoms with E-state index in [1.165, 1.54) is 25.3 Å². The van der Waals surface area contributed by atoms with Gasteiger partial charge in [-0.1, -0.05) is 50.7 Å². The molecule has 124 heavy (non-hydrogen) atoms. The zero-order valence-corrected chi connectivity index (χ0v) is 73.3. The van der Waals surface area contributed by atoms with E-state index in [9.17, 15) is 41.1 Å². The van der Waals surface area contributed by atoms with E-state index < -0.39 is 63.9 Å². The number of carbonyl (C=O) groups excluding carboxylic acids is 2. The lowest BCUT2D eigenvalue weighted by atomic mass is 9.77. The first-order chi connectivity index (χ1) is 57.9. The van der Waals surface area contributed by atoms with Crippen molar-refractivity contribution in [2.45, 2.75) is 177 Å². The third-order valence-corrected chi connectivity index (χ3v) is 23.9. The Labute approximate surface area is 732 Å². The van der Waals surface area contributed by atoms with Gasteiger partial charge in [0.25, 0.3) is 18.0 Å². The second-order valence-corrected chi connectivity index (χ2v) is 36.4. The highest BCUT2D eigenvalue weighted by Gasteiger charge is 2.52. The monoisotopic (exact) mass is 1760 g/mol. The molecule has 12 aromatic rings. The SMILES string of the molecule is C.C.CC(C)(C)[S@](=O)CCc1cc(Cl)ccn1.CCOC(=O)Cc1ccc(OC)cc1OCc1cc(-c2ccnc(CC[S@@](=O)C(C)(C)C)c2)c2oc(F)cc2c1.CCOC(=O)Cc1ccc(OC)cc1OCc1cc(B2OC(C)(C)C(C)(C)O2)c2oc(F)cc2c1.COc1ccc(CC(=O)O)c(OCc2cc(-c3ccnc(CN)c3)c3oc(F)cc3c2)c1. The zero-order valence-electron chi connectivity index (χ0n) is 70.9. The normalized spacial score (nSPS) is 13.1. The number of methoxy groups -OCH3 is 3. The molecular formula is C94H109BClF3N4O19S2. The number of ether oxygens (including phenoxy) is 8. The van der Waals surface area contributed by atoms with Gasteiger partial charge in [0.05, 0.1) is 70.7 Å². The standard InChI is InChI=1S/C31H34FNO6S.C26H30BFO7.C24H21FN2O5.C11H16ClNOS.2CH4/c1-6-37-29(34)17-22-7-8-25(36-5)18-27(22)38-19-20-13-23-16-28(32)39-30(23)26(14-20)21-9-11-33-24(15-21)10-12-40(35)31(2,3)4;1-7-31-23(29)13-17-8-9-19(30-6)14-21(17)32-15-16-10-18-12-22(28)33-24(18)20(11-16)27-34-25(2,3)26(4,5)35-27;1-30-19-3-2-16(10-23(28)29)21(11-19)31-13-14-6-17-9-22(25)32-24(17)20(7-14)15-4-5-27-18(8-15)12-26;1-11(2,3)15(14)7-5-10-8-9(12)4-6-13-10;;/h7-9,11,13-16,18H,6,10,12,17,19H2,1-5H3;8-12,14H,7,13,15H2,1-6H3;2-9,11H,10,12-13,26H2,1H3,(H,28,29);4,6,8H,5,7H2,1-3H3;2*1H4/t40-;;;15-;;/m1..1../s1. The van der Waals surface area contributed by atoms with Gasteiger partial charge in [-0.05, 0) is 196 Å². The molecule has 662 valence electrons. The highest BCUT2D eigenvalue weighted by molar-refractivity contribution is 7.86. The lowest BCUT2D eigenvalue weighted by molar-refractivity contribution is -0.143. The number of halogens is 4. The molecule has 0 aliphatic carbocycles. The molecule has 13 rings (SSSR count). The minimum absolute atomic E-state index is 0. The summed E-state index contributed by atoms with van der Waals surface area (Å²) in [6.45, 7) is 24.4. The molecule has 7 heterocycles. The van der Waals surface area contributed by atoms with Crippen LogP contribution in [0, 0.1) is 18.0 Å². The van der Waals surface area contributed by atoms with Crippen molar-refractivity contribution in [1.29, 1.82) is 0 Å². The Morgan fingerprint density at radius 2 is 0.855 bits per heavy atom. The molecule has 3 N–H and O–H groups in total. The Hall–Kier alpha value is -11.1. The van der Waals surface area contributed by atoms with Gasteiger partial charge in [-0.2, -0.15) is 13.2 Å². The summed E-state index contributed by atoms with van der Waals surface area (Å²) in [6.07, 6.45) is 6.21. The largest absolute Gasteiger partial charge is 0.498 e. The number of aromatic nitrogens is 3. The fourth-order valence-electron chi connectivity index (χ4n) is 12.7. The predicted molar refractivity (Wildman–Crippen MR) is 478 cm³/mol. The number of esters is 2. The van der Waals surface area contributed by atoms with Crippen LogP contribution in [0.4, 0.5) is 13.2 Å². The first-order valence-corrected chi connectivity index (χ1v) is 42.4. The molecule has 0 spiro atoms. The topological polar surface area (TPSA) is 302 Å². The summed E-state index contributed by atoms with van der Waals surface area (Å²) in [5, 5.41) is 11.6. The highest BCUT2D eigenvalue weighted by atomic mass is 35.5. The molecule has 0 radical (unpaired) electrons.